The number of likely N-dealkylation sites (tertiary alicyclic amines) is 1. The summed E-state index contributed by atoms with van der Waals surface area (Å²) in [5, 5.41) is 1.41. The molecule has 2 atom stereocenters. The van der Waals surface area contributed by atoms with Crippen LogP contribution in [0.3, 0.4) is 0 Å². The first-order valence-electron chi connectivity index (χ1n) is 23.9. The summed E-state index contributed by atoms with van der Waals surface area (Å²) in [6.45, 7) is 22.2. The number of alkyl halides is 1. The lowest BCUT2D eigenvalue weighted by molar-refractivity contribution is 0.0122. The number of benzene rings is 2. The van der Waals surface area contributed by atoms with Crippen molar-refractivity contribution in [2.45, 2.75) is 141 Å². The van der Waals surface area contributed by atoms with E-state index in [9.17, 15) is 9.18 Å². The summed E-state index contributed by atoms with van der Waals surface area (Å²) in [7, 11) is -0.806. The highest BCUT2D eigenvalue weighted by Crippen LogP contribution is 2.48. The maximum Gasteiger partial charge on any atom is 0.410 e. The summed E-state index contributed by atoms with van der Waals surface area (Å²) in [6, 6.07) is 6.24. The smallest absolute Gasteiger partial charge is 0.410 e. The molecular formula is C51H67F3N6O5Si. The minimum atomic E-state index is -2.32. The van der Waals surface area contributed by atoms with E-state index < -0.39 is 31.5 Å². The molecule has 8 rings (SSSR count). The third-order valence-corrected chi connectivity index (χ3v) is 20.8. The molecule has 0 spiro atoms. The van der Waals surface area contributed by atoms with Crippen LogP contribution < -0.4 is 14.4 Å². The van der Waals surface area contributed by atoms with Gasteiger partial charge in [0, 0.05) is 62.4 Å². The molecule has 3 aliphatic heterocycles. The molecule has 1 saturated carbocycles. The maximum absolute atomic E-state index is 17.9. The van der Waals surface area contributed by atoms with Crippen LogP contribution in [-0.4, -0.2) is 116 Å². The van der Waals surface area contributed by atoms with Crippen LogP contribution in [0.5, 0.6) is 11.8 Å². The largest absolute Gasteiger partial charge is 0.468 e. The Bertz CT molecular complexity index is 2480. The van der Waals surface area contributed by atoms with Crippen LogP contribution >= 0.6 is 0 Å². The first-order chi connectivity index (χ1) is 31.3. The summed E-state index contributed by atoms with van der Waals surface area (Å²) in [5.74, 6) is 2.96. The second kappa shape index (κ2) is 18.8. The number of halogens is 3. The van der Waals surface area contributed by atoms with Gasteiger partial charge < -0.3 is 28.7 Å². The van der Waals surface area contributed by atoms with Crippen molar-refractivity contribution in [2.24, 2.45) is 5.41 Å². The lowest BCUT2D eigenvalue weighted by Gasteiger charge is -2.42. The number of hydrogen-bond acceptors (Lipinski definition) is 10. The van der Waals surface area contributed by atoms with Gasteiger partial charge in [0.05, 0.1) is 29.6 Å². The summed E-state index contributed by atoms with van der Waals surface area (Å²) in [4.78, 5) is 34.3. The van der Waals surface area contributed by atoms with E-state index >= 15 is 8.78 Å². The van der Waals surface area contributed by atoms with Gasteiger partial charge in [-0.15, -0.1) is 5.54 Å². The van der Waals surface area contributed by atoms with Crippen molar-refractivity contribution < 1.29 is 36.9 Å². The normalized spacial score (nSPS) is 20.1. The highest BCUT2D eigenvalue weighted by Gasteiger charge is 2.47. The van der Waals surface area contributed by atoms with Gasteiger partial charge in [-0.25, -0.2) is 18.0 Å². The number of hydrogen-bond donors (Lipinski definition) is 0. The van der Waals surface area contributed by atoms with Crippen molar-refractivity contribution in [1.82, 2.24) is 24.8 Å². The van der Waals surface area contributed by atoms with Crippen molar-refractivity contribution in [3.63, 3.8) is 0 Å². The van der Waals surface area contributed by atoms with Crippen LogP contribution in [0.15, 0.2) is 30.5 Å². The molecule has 15 heteroatoms. The zero-order valence-corrected chi connectivity index (χ0v) is 41.4. The number of ether oxygens (including phenoxy) is 4. The van der Waals surface area contributed by atoms with Gasteiger partial charge in [-0.1, -0.05) is 53.5 Å². The van der Waals surface area contributed by atoms with Gasteiger partial charge in [-0.05, 0) is 99.5 Å². The first-order valence-corrected chi connectivity index (χ1v) is 26.1. The molecule has 0 radical (unpaired) electrons. The zero-order valence-electron chi connectivity index (χ0n) is 40.4. The van der Waals surface area contributed by atoms with Crippen molar-refractivity contribution >= 4 is 41.7 Å². The highest BCUT2D eigenvalue weighted by molar-refractivity contribution is 6.90. The van der Waals surface area contributed by atoms with E-state index in [4.69, 9.17) is 33.9 Å². The van der Waals surface area contributed by atoms with Crippen LogP contribution in [0.1, 0.15) is 106 Å². The van der Waals surface area contributed by atoms with Crippen LogP contribution in [0.25, 0.3) is 32.9 Å². The number of aromatic nitrogens is 3. The van der Waals surface area contributed by atoms with Gasteiger partial charge in [-0.2, -0.15) is 9.97 Å². The van der Waals surface area contributed by atoms with Gasteiger partial charge in [-0.3, -0.25) is 9.88 Å². The predicted octanol–water partition coefficient (Wildman–Crippen LogP) is 10.9. The Morgan fingerprint density at radius 1 is 0.939 bits per heavy atom. The van der Waals surface area contributed by atoms with E-state index in [0.29, 0.717) is 95.5 Å². The fraction of sp³-hybridized carbons (Fsp3) is 0.608. The zero-order chi connectivity index (χ0) is 47.3. The van der Waals surface area contributed by atoms with Crippen molar-refractivity contribution in [2.75, 3.05) is 58.1 Å². The minimum absolute atomic E-state index is 0.00281. The van der Waals surface area contributed by atoms with Gasteiger partial charge in [0.2, 0.25) is 0 Å². The Balaban J connectivity index is 1.25. The molecule has 0 N–H and O–H groups in total. The molecule has 11 nitrogen and oxygen atoms in total. The molecule has 66 heavy (non-hydrogen) atoms. The lowest BCUT2D eigenvalue weighted by Crippen LogP contribution is -2.57. The lowest BCUT2D eigenvalue weighted by atomic mass is 9.95. The number of piperazine rings is 1. The van der Waals surface area contributed by atoms with Crippen LogP contribution in [0, 0.1) is 28.5 Å². The monoisotopic (exact) mass is 928 g/mol. The van der Waals surface area contributed by atoms with Crippen LogP contribution in [-0.2, 0) is 9.47 Å². The molecule has 3 saturated heterocycles. The predicted molar refractivity (Wildman–Crippen MR) is 255 cm³/mol. The number of anilines is 1. The number of pyridine rings is 1. The van der Waals surface area contributed by atoms with Crippen LogP contribution in [0.4, 0.5) is 23.8 Å². The number of piperidine rings is 1. The second-order valence-electron chi connectivity index (χ2n) is 21.1. The molecule has 4 fully saturated rings. The van der Waals surface area contributed by atoms with Crippen molar-refractivity contribution in [3.05, 3.63) is 47.7 Å². The molecule has 1 amide bonds. The number of rotatable bonds is 13. The molecule has 4 aromatic rings. The fourth-order valence-electron chi connectivity index (χ4n) is 11.0. The molecule has 4 aliphatic rings. The molecule has 2 aromatic heterocycles. The number of carbonyl (C=O) groups excluding carboxylic acids is 1. The van der Waals surface area contributed by atoms with Gasteiger partial charge >= 0.3 is 12.1 Å². The van der Waals surface area contributed by atoms with E-state index in [0.717, 1.165) is 32.2 Å². The molecule has 5 heterocycles. The SMILES string of the molecule is COCOc1cc(-c2ncc3c(N4CC5CCC(C4)N5C(=O)OC(C)(C)C)nc(OCC4(CN5CCC(F)CC5)CC4)nc3c2F)c2c(C#C[Si](C(C)C)(C(C)C)C(C)C)c(F)ccc2c1. The van der Waals surface area contributed by atoms with Gasteiger partial charge in [0.15, 0.2) is 12.6 Å². The number of fused-ring (bicyclic) bond motifs is 4. The third-order valence-electron chi connectivity index (χ3n) is 14.5. The standard InChI is InChI=1S/C51H67F3N6O5Si/c1-31(2)66(32(3)4,33(5)6)22-17-39-42(53)14-11-34-23-38(64-30-62-10)24-40(43(34)39)45-44(54)46-41(25-55-45)47(59-26-36-12-13-37(27-59)60(36)49(61)65-50(7,8)9)57-48(56-46)63-29-51(18-19-51)28-58-20-15-35(52)16-21-58/h11,14,23-25,31-33,35-37H,12-13,15-16,18-21,26-30H2,1-10H3. The average molecular weight is 929 g/mol. The van der Waals surface area contributed by atoms with Gasteiger partial charge in [0.1, 0.15) is 48.4 Å². The number of nitrogens with zero attached hydrogens (tertiary/aromatic N) is 6. The molecule has 1 aliphatic carbocycles. The highest BCUT2D eigenvalue weighted by atomic mass is 28.3. The minimum Gasteiger partial charge on any atom is -0.468 e. The van der Waals surface area contributed by atoms with Crippen molar-refractivity contribution in [3.8, 4) is 34.5 Å². The molecular weight excluding hydrogens is 862 g/mol. The number of methoxy groups -OCH3 is 1. The topological polar surface area (TPSA) is 102 Å². The maximum atomic E-state index is 17.9. The van der Waals surface area contributed by atoms with Crippen LogP contribution in [0.2, 0.25) is 16.6 Å². The van der Waals surface area contributed by atoms with Gasteiger partial charge in [0.25, 0.3) is 0 Å². The summed E-state index contributed by atoms with van der Waals surface area (Å²) in [6.07, 6.45) is 5.02. The summed E-state index contributed by atoms with van der Waals surface area (Å²) >= 11 is 0. The Morgan fingerprint density at radius 3 is 2.21 bits per heavy atom. The Labute approximate surface area is 389 Å². The number of carbonyl (C=O) groups is 1. The average Bonchev–Trinajstić information content (AvgIpc) is 3.97. The molecule has 2 aromatic carbocycles. The first kappa shape index (κ1) is 47.8. The van der Waals surface area contributed by atoms with E-state index in [1.54, 1.807) is 24.4 Å². The number of amides is 1. The van der Waals surface area contributed by atoms with E-state index in [1.807, 2.05) is 25.7 Å². The van der Waals surface area contributed by atoms with E-state index in [-0.39, 0.29) is 53.2 Å². The Morgan fingerprint density at radius 2 is 1.61 bits per heavy atom. The summed E-state index contributed by atoms with van der Waals surface area (Å²) in [5.41, 5.74) is 4.25. The Hall–Kier alpha value is -4.65. The molecule has 356 valence electrons. The fourth-order valence-corrected chi connectivity index (χ4v) is 16.2. The van der Waals surface area contributed by atoms with Crippen molar-refractivity contribution in [1.29, 1.82) is 0 Å². The third kappa shape index (κ3) is 9.56. The molecule has 2 unspecified atom stereocenters. The van der Waals surface area contributed by atoms with E-state index in [1.165, 1.54) is 13.2 Å². The second-order valence-corrected chi connectivity index (χ2v) is 26.7. The summed E-state index contributed by atoms with van der Waals surface area (Å²) < 4.78 is 71.8. The Kier molecular flexibility index (Phi) is 13.6. The molecule has 2 bridgehead atoms. The van der Waals surface area contributed by atoms with E-state index in [2.05, 4.69) is 62.8 Å². The quantitative estimate of drug-likeness (QED) is 0.0732.